The summed E-state index contributed by atoms with van der Waals surface area (Å²) in [5, 5.41) is 3.34. The Kier molecular flexibility index (Phi) is 4.39. The third kappa shape index (κ3) is 3.55. The molecule has 0 radical (unpaired) electrons. The number of nitrogens with zero attached hydrogens (tertiary/aromatic N) is 1. The van der Waals surface area contributed by atoms with Gasteiger partial charge in [0.25, 0.3) is 0 Å². The third-order valence-electron chi connectivity index (χ3n) is 5.59. The normalized spacial score (nSPS) is 39.5. The molecule has 0 aromatic carbocycles. The van der Waals surface area contributed by atoms with Crippen molar-refractivity contribution in [3.05, 3.63) is 0 Å². The van der Waals surface area contributed by atoms with Gasteiger partial charge in [-0.2, -0.15) is 0 Å². The summed E-state index contributed by atoms with van der Waals surface area (Å²) in [4.78, 5) is 2.42. The van der Waals surface area contributed by atoms with E-state index in [0.29, 0.717) is 18.1 Å². The van der Waals surface area contributed by atoms with E-state index in [1.165, 1.54) is 32.2 Å². The molecule has 4 atom stereocenters. The molecule has 5 heteroatoms. The van der Waals surface area contributed by atoms with Crippen molar-refractivity contribution in [2.75, 3.05) is 38.2 Å². The molecule has 3 fully saturated rings. The fraction of sp³-hybridized carbons (Fsp3) is 1.00. The summed E-state index contributed by atoms with van der Waals surface area (Å²) in [6, 6.07) is 0.163. The highest BCUT2D eigenvalue weighted by atomic mass is 32.2. The molecule has 4 unspecified atom stereocenters. The Morgan fingerprint density at radius 2 is 2.10 bits per heavy atom. The van der Waals surface area contributed by atoms with Crippen molar-refractivity contribution in [1.29, 1.82) is 0 Å². The number of fused-ring (bicyclic) bond motifs is 2. The first-order valence-electron chi connectivity index (χ1n) is 8.14. The van der Waals surface area contributed by atoms with E-state index in [2.05, 4.69) is 17.3 Å². The minimum Gasteiger partial charge on any atom is -0.312 e. The van der Waals surface area contributed by atoms with Gasteiger partial charge in [-0.05, 0) is 57.0 Å². The number of sulfone groups is 1. The van der Waals surface area contributed by atoms with Gasteiger partial charge in [0.1, 0.15) is 0 Å². The fourth-order valence-electron chi connectivity index (χ4n) is 4.52. The van der Waals surface area contributed by atoms with Gasteiger partial charge in [-0.25, -0.2) is 8.42 Å². The molecule has 3 aliphatic rings. The van der Waals surface area contributed by atoms with E-state index in [0.717, 1.165) is 30.7 Å². The molecule has 4 nitrogen and oxygen atoms in total. The summed E-state index contributed by atoms with van der Waals surface area (Å²) < 4.78 is 23.2. The zero-order valence-electron chi connectivity index (χ0n) is 12.6. The summed E-state index contributed by atoms with van der Waals surface area (Å²) in [5.41, 5.74) is 0. The van der Waals surface area contributed by atoms with Crippen molar-refractivity contribution in [3.8, 4) is 0 Å². The van der Waals surface area contributed by atoms with Crippen molar-refractivity contribution < 1.29 is 8.42 Å². The van der Waals surface area contributed by atoms with E-state index >= 15 is 0 Å². The first-order chi connectivity index (χ1) is 9.52. The Hall–Kier alpha value is -0.130. The van der Waals surface area contributed by atoms with Crippen molar-refractivity contribution in [1.82, 2.24) is 10.2 Å². The topological polar surface area (TPSA) is 49.4 Å². The van der Waals surface area contributed by atoms with Crippen molar-refractivity contribution in [2.24, 2.45) is 17.8 Å². The summed E-state index contributed by atoms with van der Waals surface area (Å²) in [6.07, 6.45) is 6.78. The second-order valence-corrected chi connectivity index (χ2v) is 9.48. The molecule has 3 rings (SSSR count). The third-order valence-corrected chi connectivity index (χ3v) is 7.33. The maximum atomic E-state index is 11.6. The average molecular weight is 300 g/mol. The molecule has 1 N–H and O–H groups in total. The predicted molar refractivity (Wildman–Crippen MR) is 81.5 cm³/mol. The summed E-state index contributed by atoms with van der Waals surface area (Å²) in [7, 11) is -0.592. The number of nitrogens with one attached hydrogen (secondary N) is 1. The minimum absolute atomic E-state index is 0.163. The van der Waals surface area contributed by atoms with Crippen LogP contribution in [-0.4, -0.2) is 57.5 Å². The highest BCUT2D eigenvalue weighted by Gasteiger charge is 2.39. The van der Waals surface area contributed by atoms with Crippen molar-refractivity contribution in [3.63, 3.8) is 0 Å². The highest BCUT2D eigenvalue weighted by Crippen LogP contribution is 2.48. The minimum atomic E-state index is -2.79. The van der Waals surface area contributed by atoms with Crippen LogP contribution in [0.1, 0.15) is 32.1 Å². The molecule has 2 bridgehead atoms. The quantitative estimate of drug-likeness (QED) is 0.827. The molecule has 0 aromatic rings. The summed E-state index contributed by atoms with van der Waals surface area (Å²) in [6.45, 7) is 2.85. The zero-order chi connectivity index (χ0) is 14.2. The number of hydrogen-bond donors (Lipinski definition) is 1. The molecule has 2 aliphatic carbocycles. The number of hydrogen-bond acceptors (Lipinski definition) is 4. The van der Waals surface area contributed by atoms with E-state index in [9.17, 15) is 8.42 Å². The molecule has 1 saturated heterocycles. The molecule has 116 valence electrons. The average Bonchev–Trinajstić information content (AvgIpc) is 2.97. The maximum absolute atomic E-state index is 11.6. The lowest BCUT2D eigenvalue weighted by atomic mass is 9.88. The van der Waals surface area contributed by atoms with Gasteiger partial charge in [-0.3, -0.25) is 0 Å². The first kappa shape index (κ1) is 14.8. The number of rotatable bonds is 5. The van der Waals surface area contributed by atoms with Crippen LogP contribution >= 0.6 is 0 Å². The second kappa shape index (κ2) is 5.93. The standard InChI is InChI=1S/C15H28N2O2S/c1-17(10-14-9-12-2-3-13(14)8-12)6-4-15-11-20(18,19)7-5-16-15/h12-16H,2-11H2,1H3. The molecule has 1 heterocycles. The smallest absolute Gasteiger partial charge is 0.153 e. The van der Waals surface area contributed by atoms with Gasteiger partial charge < -0.3 is 10.2 Å². The molecule has 1 aliphatic heterocycles. The lowest BCUT2D eigenvalue weighted by Crippen LogP contribution is -2.46. The van der Waals surface area contributed by atoms with Crippen molar-refractivity contribution >= 4 is 9.84 Å². The van der Waals surface area contributed by atoms with E-state index in [-0.39, 0.29) is 6.04 Å². The maximum Gasteiger partial charge on any atom is 0.153 e. The molecule has 0 amide bonds. The highest BCUT2D eigenvalue weighted by molar-refractivity contribution is 7.91. The lowest BCUT2D eigenvalue weighted by Gasteiger charge is -2.29. The van der Waals surface area contributed by atoms with Crippen LogP contribution in [0.5, 0.6) is 0 Å². The van der Waals surface area contributed by atoms with Crippen LogP contribution < -0.4 is 5.32 Å². The SMILES string of the molecule is CN(CCC1CS(=O)(=O)CCN1)CC1CC2CCC1C2. The van der Waals surface area contributed by atoms with Gasteiger partial charge in [0.05, 0.1) is 11.5 Å². The van der Waals surface area contributed by atoms with Crippen LogP contribution in [0.4, 0.5) is 0 Å². The molecular weight excluding hydrogens is 272 g/mol. The van der Waals surface area contributed by atoms with Crippen LogP contribution in [0, 0.1) is 17.8 Å². The molecule has 0 spiro atoms. The van der Waals surface area contributed by atoms with E-state index in [1.54, 1.807) is 0 Å². The summed E-state index contributed by atoms with van der Waals surface area (Å²) >= 11 is 0. The van der Waals surface area contributed by atoms with Crippen molar-refractivity contribution in [2.45, 2.75) is 38.1 Å². The monoisotopic (exact) mass is 300 g/mol. The van der Waals surface area contributed by atoms with Crippen LogP contribution in [0.25, 0.3) is 0 Å². The van der Waals surface area contributed by atoms with Gasteiger partial charge in [0.15, 0.2) is 9.84 Å². The zero-order valence-corrected chi connectivity index (χ0v) is 13.4. The Bertz CT molecular complexity index is 437. The Labute approximate surface area is 123 Å². The van der Waals surface area contributed by atoms with E-state index in [1.807, 2.05) is 0 Å². The summed E-state index contributed by atoms with van der Waals surface area (Å²) in [5.74, 6) is 3.54. The van der Waals surface area contributed by atoms with Crippen LogP contribution in [0.3, 0.4) is 0 Å². The molecule has 0 aromatic heterocycles. The van der Waals surface area contributed by atoms with Gasteiger partial charge in [-0.1, -0.05) is 6.42 Å². The predicted octanol–water partition coefficient (Wildman–Crippen LogP) is 1.13. The fourth-order valence-corrected chi connectivity index (χ4v) is 6.01. The molecule has 2 saturated carbocycles. The van der Waals surface area contributed by atoms with Crippen LogP contribution in [0.15, 0.2) is 0 Å². The van der Waals surface area contributed by atoms with E-state index < -0.39 is 9.84 Å². The Morgan fingerprint density at radius 1 is 1.25 bits per heavy atom. The molecule has 20 heavy (non-hydrogen) atoms. The lowest BCUT2D eigenvalue weighted by molar-refractivity contribution is 0.213. The molecular formula is C15H28N2O2S. The largest absolute Gasteiger partial charge is 0.312 e. The van der Waals surface area contributed by atoms with Crippen LogP contribution in [-0.2, 0) is 9.84 Å². The van der Waals surface area contributed by atoms with Gasteiger partial charge in [0.2, 0.25) is 0 Å². The first-order valence-corrected chi connectivity index (χ1v) is 9.96. The second-order valence-electron chi connectivity index (χ2n) is 7.25. The Morgan fingerprint density at radius 3 is 2.75 bits per heavy atom. The van der Waals surface area contributed by atoms with Gasteiger partial charge in [-0.15, -0.1) is 0 Å². The van der Waals surface area contributed by atoms with E-state index in [4.69, 9.17) is 0 Å². The van der Waals surface area contributed by atoms with Gasteiger partial charge >= 0.3 is 0 Å². The van der Waals surface area contributed by atoms with Crippen LogP contribution in [0.2, 0.25) is 0 Å². The van der Waals surface area contributed by atoms with Gasteiger partial charge in [0, 0.05) is 19.1 Å². The Balaban J connectivity index is 1.40.